The Morgan fingerprint density at radius 3 is 2.76 bits per heavy atom. The zero-order valence-electron chi connectivity index (χ0n) is 10.9. The molecule has 0 amide bonds. The molecule has 0 unspecified atom stereocenters. The third-order valence-electron chi connectivity index (χ3n) is 3.01. The number of phenols is 1. The smallest absolute Gasteiger partial charge is 0.335 e. The highest BCUT2D eigenvalue weighted by molar-refractivity contribution is 5.93. The van der Waals surface area contributed by atoms with Crippen molar-refractivity contribution in [1.29, 1.82) is 0 Å². The molecule has 0 saturated carbocycles. The Bertz CT molecular complexity index is 803. The first-order valence-corrected chi connectivity index (χ1v) is 6.29. The summed E-state index contributed by atoms with van der Waals surface area (Å²) in [5, 5.41) is 19.0. The molecule has 5 heteroatoms. The van der Waals surface area contributed by atoms with Crippen LogP contribution in [0.4, 0.5) is 0 Å². The molecule has 0 bridgehead atoms. The van der Waals surface area contributed by atoms with Crippen molar-refractivity contribution in [3.8, 4) is 11.5 Å². The zero-order chi connectivity index (χ0) is 14.8. The van der Waals surface area contributed by atoms with Crippen molar-refractivity contribution in [1.82, 2.24) is 0 Å². The molecule has 2 aromatic carbocycles. The molecule has 1 aromatic heterocycles. The fourth-order valence-corrected chi connectivity index (χ4v) is 2.03. The number of carboxylic acid groups (broad SMARTS) is 1. The number of furan rings is 1. The molecule has 106 valence electrons. The van der Waals surface area contributed by atoms with Crippen molar-refractivity contribution in [3.63, 3.8) is 0 Å². The van der Waals surface area contributed by atoms with E-state index in [1.54, 1.807) is 36.4 Å². The summed E-state index contributed by atoms with van der Waals surface area (Å²) in [5.74, 6) is 0.261. The maximum absolute atomic E-state index is 10.9. The van der Waals surface area contributed by atoms with Gasteiger partial charge in [-0.3, -0.25) is 0 Å². The highest BCUT2D eigenvalue weighted by atomic mass is 16.5. The third kappa shape index (κ3) is 2.81. The monoisotopic (exact) mass is 284 g/mol. The van der Waals surface area contributed by atoms with E-state index in [2.05, 4.69) is 0 Å². The van der Waals surface area contributed by atoms with Crippen molar-refractivity contribution < 1.29 is 24.2 Å². The summed E-state index contributed by atoms with van der Waals surface area (Å²) in [7, 11) is 0. The van der Waals surface area contributed by atoms with E-state index in [4.69, 9.17) is 14.3 Å². The summed E-state index contributed by atoms with van der Waals surface area (Å²) in [4.78, 5) is 10.9. The molecule has 2 N–H and O–H groups in total. The molecule has 0 radical (unpaired) electrons. The van der Waals surface area contributed by atoms with Crippen LogP contribution in [-0.2, 0) is 6.61 Å². The minimum absolute atomic E-state index is 0.128. The molecular weight excluding hydrogens is 272 g/mol. The summed E-state index contributed by atoms with van der Waals surface area (Å²) in [6, 6.07) is 12.9. The van der Waals surface area contributed by atoms with Crippen LogP contribution < -0.4 is 4.74 Å². The number of aromatic hydroxyl groups is 1. The van der Waals surface area contributed by atoms with Crippen molar-refractivity contribution in [3.05, 3.63) is 59.9 Å². The van der Waals surface area contributed by atoms with Crippen molar-refractivity contribution in [2.24, 2.45) is 0 Å². The number of benzene rings is 2. The number of ether oxygens (including phenoxy) is 1. The third-order valence-corrected chi connectivity index (χ3v) is 3.01. The van der Waals surface area contributed by atoms with Crippen molar-refractivity contribution in [2.45, 2.75) is 6.61 Å². The summed E-state index contributed by atoms with van der Waals surface area (Å²) in [6.07, 6.45) is 0. The van der Waals surface area contributed by atoms with E-state index in [1.807, 2.05) is 0 Å². The van der Waals surface area contributed by atoms with Crippen molar-refractivity contribution >= 4 is 16.9 Å². The molecule has 0 aliphatic heterocycles. The van der Waals surface area contributed by atoms with Gasteiger partial charge < -0.3 is 19.4 Å². The molecular formula is C16H12O5. The van der Waals surface area contributed by atoms with Gasteiger partial charge in [-0.2, -0.15) is 0 Å². The van der Waals surface area contributed by atoms with Gasteiger partial charge in [0.1, 0.15) is 29.4 Å². The van der Waals surface area contributed by atoms with Gasteiger partial charge in [-0.05, 0) is 36.4 Å². The van der Waals surface area contributed by atoms with Crippen LogP contribution in [0.3, 0.4) is 0 Å². The molecule has 5 nitrogen and oxygen atoms in total. The number of hydrogen-bond acceptors (Lipinski definition) is 4. The molecule has 0 saturated heterocycles. The summed E-state index contributed by atoms with van der Waals surface area (Å²) >= 11 is 0. The lowest BCUT2D eigenvalue weighted by Gasteiger charge is -2.03. The van der Waals surface area contributed by atoms with E-state index in [-0.39, 0.29) is 17.9 Å². The van der Waals surface area contributed by atoms with Gasteiger partial charge in [0.15, 0.2) is 0 Å². The zero-order valence-corrected chi connectivity index (χ0v) is 10.9. The van der Waals surface area contributed by atoms with Crippen LogP contribution in [0.5, 0.6) is 11.5 Å². The number of hydrogen-bond donors (Lipinski definition) is 2. The minimum Gasteiger partial charge on any atom is -0.508 e. The number of phenolic OH excluding ortho intramolecular Hbond substituents is 1. The molecule has 0 spiro atoms. The first-order chi connectivity index (χ1) is 10.1. The molecule has 3 aromatic rings. The second-order valence-electron chi connectivity index (χ2n) is 4.56. The maximum Gasteiger partial charge on any atom is 0.335 e. The normalized spacial score (nSPS) is 10.7. The van der Waals surface area contributed by atoms with Crippen LogP contribution in [0.1, 0.15) is 16.1 Å². The van der Waals surface area contributed by atoms with Gasteiger partial charge in [0.05, 0.1) is 5.56 Å². The minimum atomic E-state index is -0.976. The van der Waals surface area contributed by atoms with Gasteiger partial charge in [-0.25, -0.2) is 4.79 Å². The molecule has 21 heavy (non-hydrogen) atoms. The first kappa shape index (κ1) is 13.1. The molecule has 3 rings (SSSR count). The van der Waals surface area contributed by atoms with Crippen LogP contribution in [-0.4, -0.2) is 16.2 Å². The van der Waals surface area contributed by atoms with Crippen LogP contribution >= 0.6 is 0 Å². The highest BCUT2D eigenvalue weighted by Crippen LogP contribution is 2.23. The van der Waals surface area contributed by atoms with E-state index in [1.165, 1.54) is 12.1 Å². The van der Waals surface area contributed by atoms with Crippen LogP contribution in [0, 0.1) is 0 Å². The Morgan fingerprint density at radius 2 is 2.00 bits per heavy atom. The average Bonchev–Trinajstić information content (AvgIpc) is 2.87. The fraction of sp³-hybridized carbons (Fsp3) is 0.0625. The number of rotatable bonds is 4. The fourth-order valence-electron chi connectivity index (χ4n) is 2.03. The number of carbonyl (C=O) groups is 1. The maximum atomic E-state index is 10.9. The van der Waals surface area contributed by atoms with Gasteiger partial charge >= 0.3 is 5.97 Å². The lowest BCUT2D eigenvalue weighted by Crippen LogP contribution is -1.94. The second kappa shape index (κ2) is 5.20. The van der Waals surface area contributed by atoms with E-state index >= 15 is 0 Å². The molecule has 0 aliphatic carbocycles. The SMILES string of the molecule is O=C(O)c1ccc2oc(COc3cccc(O)c3)cc2c1. The number of carboxylic acids is 1. The van der Waals surface area contributed by atoms with Crippen LogP contribution in [0.15, 0.2) is 52.9 Å². The van der Waals surface area contributed by atoms with Gasteiger partial charge in [0, 0.05) is 11.5 Å². The predicted molar refractivity (Wildman–Crippen MR) is 75.6 cm³/mol. The predicted octanol–water partition coefficient (Wildman–Crippen LogP) is 3.42. The van der Waals surface area contributed by atoms with Crippen molar-refractivity contribution in [2.75, 3.05) is 0 Å². The molecule has 0 fully saturated rings. The first-order valence-electron chi connectivity index (χ1n) is 6.29. The second-order valence-corrected chi connectivity index (χ2v) is 4.56. The Labute approximate surface area is 120 Å². The highest BCUT2D eigenvalue weighted by Gasteiger charge is 2.08. The van der Waals surface area contributed by atoms with Crippen LogP contribution in [0.25, 0.3) is 11.0 Å². The van der Waals surface area contributed by atoms with Gasteiger partial charge in [-0.1, -0.05) is 6.07 Å². The summed E-state index contributed by atoms with van der Waals surface area (Å²) in [5.41, 5.74) is 0.818. The van der Waals surface area contributed by atoms with E-state index in [9.17, 15) is 9.90 Å². The van der Waals surface area contributed by atoms with Gasteiger partial charge in [0.2, 0.25) is 0 Å². The topological polar surface area (TPSA) is 79.9 Å². The Kier molecular flexibility index (Phi) is 3.23. The van der Waals surface area contributed by atoms with Gasteiger partial charge in [0.25, 0.3) is 0 Å². The van der Waals surface area contributed by atoms with E-state index in [0.29, 0.717) is 22.5 Å². The standard InChI is InChI=1S/C16H12O5/c17-12-2-1-3-13(8-12)20-9-14-7-11-6-10(16(18)19)4-5-15(11)21-14/h1-8,17H,9H2,(H,18,19). The summed E-state index contributed by atoms with van der Waals surface area (Å²) in [6.45, 7) is 0.195. The lowest BCUT2D eigenvalue weighted by molar-refractivity contribution is 0.0697. The Morgan fingerprint density at radius 1 is 1.14 bits per heavy atom. The number of aromatic carboxylic acids is 1. The molecule has 0 aliphatic rings. The average molecular weight is 284 g/mol. The largest absolute Gasteiger partial charge is 0.508 e. The number of fused-ring (bicyclic) bond motifs is 1. The quantitative estimate of drug-likeness (QED) is 0.767. The van der Waals surface area contributed by atoms with E-state index < -0.39 is 5.97 Å². The van der Waals surface area contributed by atoms with E-state index in [0.717, 1.165) is 0 Å². The summed E-state index contributed by atoms with van der Waals surface area (Å²) < 4.78 is 11.1. The molecule has 1 heterocycles. The van der Waals surface area contributed by atoms with Crippen LogP contribution in [0.2, 0.25) is 0 Å². The molecule has 0 atom stereocenters. The van der Waals surface area contributed by atoms with Gasteiger partial charge in [-0.15, -0.1) is 0 Å². The Balaban J connectivity index is 1.80. The lowest BCUT2D eigenvalue weighted by atomic mass is 10.1. The Hall–Kier alpha value is -2.95.